The van der Waals surface area contributed by atoms with Crippen LogP contribution in [0, 0.1) is 11.6 Å². The highest BCUT2D eigenvalue weighted by molar-refractivity contribution is 5.82. The molecule has 17 heavy (non-hydrogen) atoms. The Morgan fingerprint density at radius 1 is 1.18 bits per heavy atom. The molecule has 0 atom stereocenters. The van der Waals surface area contributed by atoms with Gasteiger partial charge in [-0.25, -0.2) is 8.78 Å². The molecule has 0 aromatic heterocycles. The van der Waals surface area contributed by atoms with Crippen molar-refractivity contribution in [3.05, 3.63) is 29.3 Å². The highest BCUT2D eigenvalue weighted by Gasteiger charge is 2.34. The first-order valence-corrected chi connectivity index (χ1v) is 4.96. The van der Waals surface area contributed by atoms with Crippen LogP contribution in [-0.2, 0) is 14.9 Å². The molecule has 0 bridgehead atoms. The summed E-state index contributed by atoms with van der Waals surface area (Å²) in [6.45, 7) is 2.92. The molecule has 1 rings (SSSR count). The number of benzene rings is 1. The van der Waals surface area contributed by atoms with Crippen molar-refractivity contribution >= 4 is 5.97 Å². The Morgan fingerprint density at radius 2 is 1.76 bits per heavy atom. The van der Waals surface area contributed by atoms with Crippen molar-refractivity contribution in [1.82, 2.24) is 0 Å². The van der Waals surface area contributed by atoms with Gasteiger partial charge in [-0.3, -0.25) is 4.79 Å². The lowest BCUT2D eigenvalue weighted by Crippen LogP contribution is -2.31. The number of rotatable bonds is 3. The summed E-state index contributed by atoms with van der Waals surface area (Å²) >= 11 is 0. The van der Waals surface area contributed by atoms with Gasteiger partial charge in [0.15, 0.2) is 11.6 Å². The molecule has 94 valence electrons. The van der Waals surface area contributed by atoms with Crippen LogP contribution in [-0.4, -0.2) is 20.2 Å². The fourth-order valence-electron chi connectivity index (χ4n) is 1.53. The van der Waals surface area contributed by atoms with Gasteiger partial charge in [0, 0.05) is 11.6 Å². The van der Waals surface area contributed by atoms with E-state index in [2.05, 4.69) is 9.47 Å². The normalized spacial score (nSPS) is 11.2. The van der Waals surface area contributed by atoms with E-state index in [1.54, 1.807) is 0 Å². The molecule has 1 aromatic rings. The van der Waals surface area contributed by atoms with Crippen LogP contribution in [0.5, 0.6) is 5.75 Å². The van der Waals surface area contributed by atoms with Gasteiger partial charge in [0.25, 0.3) is 0 Å². The van der Waals surface area contributed by atoms with Gasteiger partial charge in [0.2, 0.25) is 0 Å². The van der Waals surface area contributed by atoms with E-state index in [9.17, 15) is 13.6 Å². The lowest BCUT2D eigenvalue weighted by molar-refractivity contribution is -0.146. The minimum absolute atomic E-state index is 0.0670. The van der Waals surface area contributed by atoms with Crippen molar-refractivity contribution < 1.29 is 23.0 Å². The molecular formula is C12H14F2O3. The topological polar surface area (TPSA) is 35.5 Å². The predicted molar refractivity (Wildman–Crippen MR) is 58.0 cm³/mol. The molecule has 1 aromatic carbocycles. The minimum Gasteiger partial charge on any atom is -0.494 e. The predicted octanol–water partition coefficient (Wildman–Crippen LogP) is 2.42. The number of methoxy groups -OCH3 is 2. The highest BCUT2D eigenvalue weighted by Crippen LogP contribution is 2.31. The van der Waals surface area contributed by atoms with E-state index >= 15 is 0 Å². The quantitative estimate of drug-likeness (QED) is 0.766. The molecule has 0 saturated heterocycles. The summed E-state index contributed by atoms with van der Waals surface area (Å²) in [6.07, 6.45) is 0. The van der Waals surface area contributed by atoms with E-state index in [1.165, 1.54) is 28.1 Å². The molecule has 3 nitrogen and oxygen atoms in total. The summed E-state index contributed by atoms with van der Waals surface area (Å²) in [6, 6.07) is 1.86. The molecule has 0 spiro atoms. The van der Waals surface area contributed by atoms with E-state index < -0.39 is 23.0 Å². The van der Waals surface area contributed by atoms with Crippen LogP contribution in [0.1, 0.15) is 19.4 Å². The number of hydrogen-bond acceptors (Lipinski definition) is 3. The standard InChI is InChI=1S/C12H14F2O3/c1-12(2,11(15)17-4)7-5-9(14)10(16-3)6-8(7)13/h5-6H,1-4H3. The van der Waals surface area contributed by atoms with Crippen molar-refractivity contribution in [2.24, 2.45) is 0 Å². The van der Waals surface area contributed by atoms with Gasteiger partial charge in [0.1, 0.15) is 5.82 Å². The van der Waals surface area contributed by atoms with Crippen LogP contribution in [0.15, 0.2) is 12.1 Å². The summed E-state index contributed by atoms with van der Waals surface area (Å²) in [5, 5.41) is 0. The van der Waals surface area contributed by atoms with Crippen molar-refractivity contribution in [3.63, 3.8) is 0 Å². The Labute approximate surface area is 98.3 Å². The molecule has 0 fully saturated rings. The molecule has 0 amide bonds. The fourth-order valence-corrected chi connectivity index (χ4v) is 1.53. The van der Waals surface area contributed by atoms with Crippen LogP contribution >= 0.6 is 0 Å². The number of ether oxygens (including phenoxy) is 2. The van der Waals surface area contributed by atoms with Crippen molar-refractivity contribution in [2.75, 3.05) is 14.2 Å². The summed E-state index contributed by atoms with van der Waals surface area (Å²) in [5.41, 5.74) is -1.32. The SMILES string of the molecule is COC(=O)C(C)(C)c1cc(F)c(OC)cc1F. The Hall–Kier alpha value is -1.65. The number of halogens is 2. The third kappa shape index (κ3) is 2.38. The van der Waals surface area contributed by atoms with Crippen LogP contribution in [0.4, 0.5) is 8.78 Å². The van der Waals surface area contributed by atoms with E-state index in [0.717, 1.165) is 12.1 Å². The zero-order valence-corrected chi connectivity index (χ0v) is 10.1. The molecule has 0 N–H and O–H groups in total. The highest BCUT2D eigenvalue weighted by atomic mass is 19.1. The molecule has 0 unspecified atom stereocenters. The Kier molecular flexibility index (Phi) is 3.70. The molecule has 0 aliphatic carbocycles. The first-order chi connectivity index (χ1) is 7.84. The molecule has 0 radical (unpaired) electrons. The van der Waals surface area contributed by atoms with Gasteiger partial charge in [-0.05, 0) is 19.9 Å². The first-order valence-electron chi connectivity index (χ1n) is 4.96. The van der Waals surface area contributed by atoms with Crippen LogP contribution < -0.4 is 4.74 Å². The van der Waals surface area contributed by atoms with Crippen LogP contribution in [0.3, 0.4) is 0 Å². The largest absolute Gasteiger partial charge is 0.494 e. The molecule has 0 aliphatic rings. The summed E-state index contributed by atoms with van der Waals surface area (Å²) < 4.78 is 36.4. The molecular weight excluding hydrogens is 230 g/mol. The molecule has 0 heterocycles. The molecule has 0 saturated carbocycles. The van der Waals surface area contributed by atoms with E-state index in [-0.39, 0.29) is 11.3 Å². The van der Waals surface area contributed by atoms with E-state index in [0.29, 0.717) is 0 Å². The van der Waals surface area contributed by atoms with Gasteiger partial charge in [0.05, 0.1) is 19.6 Å². The van der Waals surface area contributed by atoms with Gasteiger partial charge in [-0.1, -0.05) is 0 Å². The lowest BCUT2D eigenvalue weighted by Gasteiger charge is -2.23. The molecule has 5 heteroatoms. The van der Waals surface area contributed by atoms with Crippen molar-refractivity contribution in [3.8, 4) is 5.75 Å². The fraction of sp³-hybridized carbons (Fsp3) is 0.417. The number of carbonyl (C=O) groups is 1. The summed E-state index contributed by atoms with van der Waals surface area (Å²) in [5.74, 6) is -2.27. The van der Waals surface area contributed by atoms with E-state index in [4.69, 9.17) is 0 Å². The first kappa shape index (κ1) is 13.4. The summed E-state index contributed by atoms with van der Waals surface area (Å²) in [7, 11) is 2.44. The zero-order chi connectivity index (χ0) is 13.2. The number of hydrogen-bond donors (Lipinski definition) is 0. The number of esters is 1. The maximum absolute atomic E-state index is 13.8. The summed E-state index contributed by atoms with van der Waals surface area (Å²) in [4.78, 5) is 11.5. The maximum Gasteiger partial charge on any atom is 0.315 e. The second-order valence-electron chi connectivity index (χ2n) is 4.08. The lowest BCUT2D eigenvalue weighted by atomic mass is 9.84. The maximum atomic E-state index is 13.8. The second kappa shape index (κ2) is 4.69. The Balaban J connectivity index is 3.32. The monoisotopic (exact) mass is 244 g/mol. The van der Waals surface area contributed by atoms with Gasteiger partial charge < -0.3 is 9.47 Å². The van der Waals surface area contributed by atoms with Crippen molar-refractivity contribution in [2.45, 2.75) is 19.3 Å². The Morgan fingerprint density at radius 3 is 2.24 bits per heavy atom. The minimum atomic E-state index is -1.26. The average molecular weight is 244 g/mol. The van der Waals surface area contributed by atoms with Crippen LogP contribution in [0.2, 0.25) is 0 Å². The number of carbonyl (C=O) groups excluding carboxylic acids is 1. The molecule has 0 aliphatic heterocycles. The van der Waals surface area contributed by atoms with Crippen molar-refractivity contribution in [1.29, 1.82) is 0 Å². The van der Waals surface area contributed by atoms with Crippen LogP contribution in [0.25, 0.3) is 0 Å². The smallest absolute Gasteiger partial charge is 0.315 e. The third-order valence-corrected chi connectivity index (χ3v) is 2.61. The van der Waals surface area contributed by atoms with Gasteiger partial charge in [-0.15, -0.1) is 0 Å². The Bertz CT molecular complexity index is 442. The average Bonchev–Trinajstić information content (AvgIpc) is 2.30. The van der Waals surface area contributed by atoms with Gasteiger partial charge >= 0.3 is 5.97 Å². The van der Waals surface area contributed by atoms with E-state index in [1.807, 2.05) is 0 Å². The second-order valence-corrected chi connectivity index (χ2v) is 4.08. The third-order valence-electron chi connectivity index (χ3n) is 2.61. The van der Waals surface area contributed by atoms with Gasteiger partial charge in [-0.2, -0.15) is 0 Å². The zero-order valence-electron chi connectivity index (χ0n) is 10.1.